The van der Waals surface area contributed by atoms with Crippen molar-refractivity contribution in [2.45, 2.75) is 45.2 Å². The van der Waals surface area contributed by atoms with Crippen molar-refractivity contribution >= 4 is 16.8 Å². The Morgan fingerprint density at radius 3 is 2.81 bits per heavy atom. The molecule has 1 amide bonds. The number of carbonyl (C=O) groups is 1. The number of hydrogen-bond donors (Lipinski definition) is 2. The minimum absolute atomic E-state index is 0.0150. The standard InChI is InChI=1S/C17H25N3O/c1-4-7-12(2)20(3)17(21)15(18)10-13-11-19-16-9-6-5-8-14(13)16/h5-6,8-9,11-12,15,19H,4,7,10,18H2,1-3H3/t12?,15-/m0/s1. The van der Waals surface area contributed by atoms with Crippen LogP contribution in [0.4, 0.5) is 0 Å². The number of H-pyrrole nitrogens is 1. The minimum Gasteiger partial charge on any atom is -0.361 e. The molecule has 1 aromatic carbocycles. The van der Waals surface area contributed by atoms with Gasteiger partial charge in [-0.15, -0.1) is 0 Å². The van der Waals surface area contributed by atoms with Crippen LogP contribution in [0, 0.1) is 0 Å². The molecule has 0 aliphatic carbocycles. The van der Waals surface area contributed by atoms with Crippen molar-refractivity contribution in [1.82, 2.24) is 9.88 Å². The van der Waals surface area contributed by atoms with Gasteiger partial charge in [0.1, 0.15) is 0 Å². The van der Waals surface area contributed by atoms with E-state index in [1.165, 1.54) is 0 Å². The van der Waals surface area contributed by atoms with Crippen molar-refractivity contribution in [3.05, 3.63) is 36.0 Å². The van der Waals surface area contributed by atoms with Crippen LogP contribution in [0.25, 0.3) is 10.9 Å². The fourth-order valence-corrected chi connectivity index (χ4v) is 2.71. The van der Waals surface area contributed by atoms with Gasteiger partial charge in [0, 0.05) is 30.2 Å². The molecule has 4 heteroatoms. The molecule has 0 spiro atoms. The van der Waals surface area contributed by atoms with Crippen LogP contribution in [0.3, 0.4) is 0 Å². The molecule has 0 saturated heterocycles. The predicted octanol–water partition coefficient (Wildman–Crippen LogP) is 2.68. The molecule has 1 unspecified atom stereocenters. The van der Waals surface area contributed by atoms with E-state index >= 15 is 0 Å². The fourth-order valence-electron chi connectivity index (χ4n) is 2.71. The molecule has 0 aliphatic rings. The van der Waals surface area contributed by atoms with Crippen molar-refractivity contribution in [2.24, 2.45) is 5.73 Å². The largest absolute Gasteiger partial charge is 0.361 e. The Morgan fingerprint density at radius 1 is 1.38 bits per heavy atom. The summed E-state index contributed by atoms with van der Waals surface area (Å²) in [6, 6.07) is 7.82. The fraction of sp³-hybridized carbons (Fsp3) is 0.471. The lowest BCUT2D eigenvalue weighted by atomic mass is 10.0. The number of carbonyl (C=O) groups excluding carboxylic acids is 1. The number of hydrogen-bond acceptors (Lipinski definition) is 2. The zero-order valence-electron chi connectivity index (χ0n) is 13.1. The molecular formula is C17H25N3O. The molecule has 0 bridgehead atoms. The van der Waals surface area contributed by atoms with E-state index in [0.29, 0.717) is 6.42 Å². The zero-order chi connectivity index (χ0) is 15.4. The quantitative estimate of drug-likeness (QED) is 0.858. The summed E-state index contributed by atoms with van der Waals surface area (Å²) in [7, 11) is 1.84. The number of amides is 1. The first kappa shape index (κ1) is 15.6. The predicted molar refractivity (Wildman–Crippen MR) is 87.1 cm³/mol. The number of nitrogens with zero attached hydrogens (tertiary/aromatic N) is 1. The van der Waals surface area contributed by atoms with Crippen LogP contribution in [0.5, 0.6) is 0 Å². The van der Waals surface area contributed by atoms with Gasteiger partial charge >= 0.3 is 0 Å². The summed E-state index contributed by atoms with van der Waals surface area (Å²) in [4.78, 5) is 17.4. The summed E-state index contributed by atoms with van der Waals surface area (Å²) in [6.45, 7) is 4.19. The number of aromatic amines is 1. The van der Waals surface area contributed by atoms with Gasteiger partial charge in [0.2, 0.25) is 5.91 Å². The van der Waals surface area contributed by atoms with E-state index in [2.05, 4.69) is 24.9 Å². The van der Waals surface area contributed by atoms with Crippen molar-refractivity contribution in [1.29, 1.82) is 0 Å². The first-order valence-corrected chi connectivity index (χ1v) is 7.61. The van der Waals surface area contributed by atoms with Crippen molar-refractivity contribution in [2.75, 3.05) is 7.05 Å². The third-order valence-corrected chi connectivity index (χ3v) is 4.15. The van der Waals surface area contributed by atoms with E-state index in [9.17, 15) is 4.79 Å². The van der Waals surface area contributed by atoms with Gasteiger partial charge in [0.05, 0.1) is 6.04 Å². The average Bonchev–Trinajstić information content (AvgIpc) is 2.89. The smallest absolute Gasteiger partial charge is 0.239 e. The van der Waals surface area contributed by atoms with Crippen LogP contribution >= 0.6 is 0 Å². The Morgan fingerprint density at radius 2 is 2.10 bits per heavy atom. The first-order valence-electron chi connectivity index (χ1n) is 7.61. The highest BCUT2D eigenvalue weighted by Crippen LogP contribution is 2.19. The van der Waals surface area contributed by atoms with Gasteiger partial charge in [-0.3, -0.25) is 4.79 Å². The van der Waals surface area contributed by atoms with E-state index < -0.39 is 6.04 Å². The van der Waals surface area contributed by atoms with Crippen LogP contribution < -0.4 is 5.73 Å². The molecule has 0 saturated carbocycles. The van der Waals surface area contributed by atoms with E-state index in [0.717, 1.165) is 29.3 Å². The maximum atomic E-state index is 12.4. The molecule has 0 aliphatic heterocycles. The molecular weight excluding hydrogens is 262 g/mol. The van der Waals surface area contributed by atoms with Gasteiger partial charge in [0.25, 0.3) is 0 Å². The summed E-state index contributed by atoms with van der Waals surface area (Å²) >= 11 is 0. The van der Waals surface area contributed by atoms with Crippen LogP contribution in [0.15, 0.2) is 30.5 Å². The van der Waals surface area contributed by atoms with E-state index in [1.54, 1.807) is 4.90 Å². The number of nitrogens with two attached hydrogens (primary N) is 1. The Bertz CT molecular complexity index is 605. The molecule has 3 N–H and O–H groups in total. The topological polar surface area (TPSA) is 62.1 Å². The molecule has 0 radical (unpaired) electrons. The van der Waals surface area contributed by atoms with Crippen molar-refractivity contribution < 1.29 is 4.79 Å². The molecule has 21 heavy (non-hydrogen) atoms. The summed E-state index contributed by atoms with van der Waals surface area (Å²) in [6.07, 6.45) is 4.58. The summed E-state index contributed by atoms with van der Waals surface area (Å²) < 4.78 is 0. The van der Waals surface area contributed by atoms with E-state index in [-0.39, 0.29) is 11.9 Å². The third kappa shape index (κ3) is 3.45. The number of rotatable bonds is 6. The summed E-state index contributed by atoms with van der Waals surface area (Å²) in [5.74, 6) is 0.0150. The number of para-hydroxylation sites is 1. The summed E-state index contributed by atoms with van der Waals surface area (Å²) in [5, 5.41) is 1.14. The molecule has 1 heterocycles. The molecule has 114 valence electrons. The molecule has 2 rings (SSSR count). The first-order chi connectivity index (χ1) is 10.0. The van der Waals surface area contributed by atoms with Gasteiger partial charge in [-0.1, -0.05) is 31.5 Å². The summed E-state index contributed by atoms with van der Waals surface area (Å²) in [5.41, 5.74) is 8.31. The van der Waals surface area contributed by atoms with Crippen molar-refractivity contribution in [3.8, 4) is 0 Å². The highest BCUT2D eigenvalue weighted by Gasteiger charge is 2.22. The highest BCUT2D eigenvalue weighted by atomic mass is 16.2. The molecule has 2 aromatic rings. The van der Waals surface area contributed by atoms with E-state index in [4.69, 9.17) is 5.73 Å². The Kier molecular flexibility index (Phi) is 5.02. The number of fused-ring (bicyclic) bond motifs is 1. The number of benzene rings is 1. The minimum atomic E-state index is -0.492. The van der Waals surface area contributed by atoms with Gasteiger partial charge in [-0.25, -0.2) is 0 Å². The molecule has 1 aromatic heterocycles. The lowest BCUT2D eigenvalue weighted by Crippen LogP contribution is -2.46. The monoisotopic (exact) mass is 287 g/mol. The van der Waals surface area contributed by atoms with Gasteiger partial charge < -0.3 is 15.6 Å². The van der Waals surface area contributed by atoms with Gasteiger partial charge in [-0.05, 0) is 31.4 Å². The van der Waals surface area contributed by atoms with Crippen LogP contribution in [-0.4, -0.2) is 34.9 Å². The zero-order valence-corrected chi connectivity index (χ0v) is 13.1. The van der Waals surface area contributed by atoms with Crippen LogP contribution in [0.1, 0.15) is 32.3 Å². The average molecular weight is 287 g/mol. The molecule has 2 atom stereocenters. The maximum absolute atomic E-state index is 12.4. The number of aromatic nitrogens is 1. The second-order valence-corrected chi connectivity index (χ2v) is 5.76. The molecule has 0 fully saturated rings. The van der Waals surface area contributed by atoms with Gasteiger partial charge in [0.15, 0.2) is 0 Å². The van der Waals surface area contributed by atoms with Gasteiger partial charge in [-0.2, -0.15) is 0 Å². The Hall–Kier alpha value is -1.81. The Labute approximate surface area is 126 Å². The maximum Gasteiger partial charge on any atom is 0.239 e. The van der Waals surface area contributed by atoms with Crippen molar-refractivity contribution in [3.63, 3.8) is 0 Å². The van der Waals surface area contributed by atoms with Crippen LogP contribution in [-0.2, 0) is 11.2 Å². The SMILES string of the molecule is CCCC(C)N(C)C(=O)[C@@H](N)Cc1c[nH]c2ccccc12. The normalized spacial score (nSPS) is 14.1. The highest BCUT2D eigenvalue weighted by molar-refractivity contribution is 5.86. The second-order valence-electron chi connectivity index (χ2n) is 5.76. The lowest BCUT2D eigenvalue weighted by molar-refractivity contribution is -0.133. The number of likely N-dealkylation sites (N-methyl/N-ethyl adjacent to an activating group) is 1. The lowest BCUT2D eigenvalue weighted by Gasteiger charge is -2.27. The second kappa shape index (κ2) is 6.76. The third-order valence-electron chi connectivity index (χ3n) is 4.15. The van der Waals surface area contributed by atoms with Crippen LogP contribution in [0.2, 0.25) is 0 Å². The molecule has 4 nitrogen and oxygen atoms in total. The number of nitrogens with one attached hydrogen (secondary N) is 1. The van der Waals surface area contributed by atoms with E-state index in [1.807, 2.05) is 31.4 Å². The Balaban J connectivity index is 2.07.